The maximum absolute atomic E-state index is 13.4. The van der Waals surface area contributed by atoms with Crippen molar-refractivity contribution in [3.8, 4) is 0 Å². The van der Waals surface area contributed by atoms with Gasteiger partial charge < -0.3 is 5.73 Å². The number of carbonyl (C=O) groups excluding carboxylic acids is 1. The maximum atomic E-state index is 13.4. The zero-order valence-electron chi connectivity index (χ0n) is 9.39. The molecule has 4 heteroatoms. The van der Waals surface area contributed by atoms with Gasteiger partial charge in [-0.3, -0.25) is 4.79 Å². The topological polar surface area (TPSA) is 43.1 Å². The second-order valence-electron chi connectivity index (χ2n) is 4.62. The summed E-state index contributed by atoms with van der Waals surface area (Å²) in [7, 11) is 0. The third kappa shape index (κ3) is 4.41. The molecular weight excluding hydrogens is 273 g/mol. The molecule has 0 aliphatic heterocycles. The van der Waals surface area contributed by atoms with E-state index in [0.29, 0.717) is 5.56 Å². The molecule has 0 fully saturated rings. The highest BCUT2D eigenvalue weighted by molar-refractivity contribution is 9.10. The molecule has 0 saturated heterocycles. The smallest absolute Gasteiger partial charge is 0.139 e. The van der Waals surface area contributed by atoms with Crippen molar-refractivity contribution in [2.24, 2.45) is 5.73 Å². The summed E-state index contributed by atoms with van der Waals surface area (Å²) in [5.74, 6) is -0.407. The van der Waals surface area contributed by atoms with E-state index in [2.05, 4.69) is 15.9 Å². The molecule has 1 rings (SSSR count). The number of halogens is 2. The number of hydrogen-bond donors (Lipinski definition) is 1. The number of Topliss-reactive ketones (excluding diaryl/α,β-unsaturated/α-hetero) is 1. The predicted octanol–water partition coefficient (Wildman–Crippen LogP) is 2.83. The summed E-state index contributed by atoms with van der Waals surface area (Å²) in [6, 6.07) is 4.58. The zero-order valence-corrected chi connectivity index (χ0v) is 11.0. The molecule has 0 heterocycles. The van der Waals surface area contributed by atoms with Crippen LogP contribution in [-0.4, -0.2) is 11.3 Å². The van der Waals surface area contributed by atoms with Crippen LogP contribution in [0.4, 0.5) is 4.39 Å². The lowest BCUT2D eigenvalue weighted by Crippen LogP contribution is -2.35. The van der Waals surface area contributed by atoms with Gasteiger partial charge in [-0.2, -0.15) is 0 Å². The highest BCUT2D eigenvalue weighted by atomic mass is 79.9. The van der Waals surface area contributed by atoms with Crippen LogP contribution in [0.2, 0.25) is 0 Å². The number of ketones is 1. The highest BCUT2D eigenvalue weighted by Gasteiger charge is 2.17. The first-order chi connectivity index (χ1) is 7.28. The van der Waals surface area contributed by atoms with Crippen molar-refractivity contribution in [2.75, 3.05) is 0 Å². The van der Waals surface area contributed by atoms with Gasteiger partial charge in [0.1, 0.15) is 11.6 Å². The molecule has 0 aromatic heterocycles. The minimum absolute atomic E-state index is 0.0514. The number of rotatable bonds is 4. The fourth-order valence-electron chi connectivity index (χ4n) is 1.46. The number of hydrogen-bond acceptors (Lipinski definition) is 2. The summed E-state index contributed by atoms with van der Waals surface area (Å²) in [6.45, 7) is 3.56. The monoisotopic (exact) mass is 287 g/mol. The zero-order chi connectivity index (χ0) is 12.3. The molecule has 0 bridgehead atoms. The molecule has 0 radical (unpaired) electrons. The molecule has 0 amide bonds. The average Bonchev–Trinajstić information content (AvgIpc) is 2.08. The maximum Gasteiger partial charge on any atom is 0.139 e. The molecule has 1 aromatic rings. The van der Waals surface area contributed by atoms with E-state index < -0.39 is 5.54 Å². The van der Waals surface area contributed by atoms with Crippen molar-refractivity contribution in [3.05, 3.63) is 34.1 Å². The third-order valence-corrected chi connectivity index (χ3v) is 2.54. The van der Waals surface area contributed by atoms with E-state index in [0.717, 1.165) is 4.47 Å². The first-order valence-corrected chi connectivity index (χ1v) is 5.82. The quantitative estimate of drug-likeness (QED) is 0.925. The lowest BCUT2D eigenvalue weighted by Gasteiger charge is -2.17. The van der Waals surface area contributed by atoms with Gasteiger partial charge in [0, 0.05) is 22.9 Å². The molecule has 2 N–H and O–H groups in total. The van der Waals surface area contributed by atoms with Crippen LogP contribution in [0.5, 0.6) is 0 Å². The normalized spacial score (nSPS) is 11.6. The Bertz CT molecular complexity index is 398. The Morgan fingerprint density at radius 2 is 2.12 bits per heavy atom. The Morgan fingerprint density at radius 1 is 1.50 bits per heavy atom. The van der Waals surface area contributed by atoms with Gasteiger partial charge in [-0.05, 0) is 37.6 Å². The Hall–Kier alpha value is -0.740. The summed E-state index contributed by atoms with van der Waals surface area (Å²) in [5.41, 5.74) is 5.60. The summed E-state index contributed by atoms with van der Waals surface area (Å²) >= 11 is 3.24. The number of nitrogens with two attached hydrogens (primary N) is 1. The van der Waals surface area contributed by atoms with E-state index in [4.69, 9.17) is 5.73 Å². The highest BCUT2D eigenvalue weighted by Crippen LogP contribution is 2.17. The van der Waals surface area contributed by atoms with Gasteiger partial charge >= 0.3 is 0 Å². The lowest BCUT2D eigenvalue weighted by atomic mass is 9.95. The third-order valence-electron chi connectivity index (χ3n) is 2.05. The molecule has 0 aliphatic rings. The van der Waals surface area contributed by atoms with Crippen molar-refractivity contribution in [2.45, 2.75) is 32.2 Å². The summed E-state index contributed by atoms with van der Waals surface area (Å²) in [5, 5.41) is 0. The van der Waals surface area contributed by atoms with Crippen molar-refractivity contribution in [3.63, 3.8) is 0 Å². The van der Waals surface area contributed by atoms with Gasteiger partial charge in [0.25, 0.3) is 0 Å². The van der Waals surface area contributed by atoms with E-state index in [1.54, 1.807) is 26.0 Å². The first-order valence-electron chi connectivity index (χ1n) is 5.02. The Balaban J connectivity index is 2.73. The van der Waals surface area contributed by atoms with Crippen LogP contribution in [0.15, 0.2) is 22.7 Å². The SMILES string of the molecule is CC(C)(N)CC(=O)Cc1cc(Br)ccc1F. The van der Waals surface area contributed by atoms with E-state index in [9.17, 15) is 9.18 Å². The standard InChI is InChI=1S/C12H15BrFNO/c1-12(2,15)7-10(16)6-8-5-9(13)3-4-11(8)14/h3-5H,6-7,15H2,1-2H3. The molecule has 2 nitrogen and oxygen atoms in total. The van der Waals surface area contributed by atoms with E-state index in [-0.39, 0.29) is 24.4 Å². The first kappa shape index (κ1) is 13.3. The largest absolute Gasteiger partial charge is 0.325 e. The minimum atomic E-state index is -0.542. The van der Waals surface area contributed by atoms with Gasteiger partial charge in [-0.1, -0.05) is 15.9 Å². The average molecular weight is 288 g/mol. The van der Waals surface area contributed by atoms with Crippen molar-refractivity contribution in [1.82, 2.24) is 0 Å². The van der Waals surface area contributed by atoms with Gasteiger partial charge in [0.05, 0.1) is 0 Å². The van der Waals surface area contributed by atoms with E-state index >= 15 is 0 Å². The summed E-state index contributed by atoms with van der Waals surface area (Å²) in [6.07, 6.45) is 0.338. The van der Waals surface area contributed by atoms with Crippen LogP contribution in [0, 0.1) is 5.82 Å². The van der Waals surface area contributed by atoms with Gasteiger partial charge in [-0.15, -0.1) is 0 Å². The Kier molecular flexibility index (Phi) is 4.21. The van der Waals surface area contributed by atoms with Gasteiger partial charge in [0.2, 0.25) is 0 Å². The van der Waals surface area contributed by atoms with E-state index in [1.807, 2.05) is 0 Å². The van der Waals surface area contributed by atoms with Crippen molar-refractivity contribution >= 4 is 21.7 Å². The van der Waals surface area contributed by atoms with Gasteiger partial charge in [-0.25, -0.2) is 4.39 Å². The van der Waals surface area contributed by atoms with Crippen molar-refractivity contribution in [1.29, 1.82) is 0 Å². The number of benzene rings is 1. The molecular formula is C12H15BrFNO. The van der Waals surface area contributed by atoms with Crippen LogP contribution < -0.4 is 5.73 Å². The molecule has 88 valence electrons. The van der Waals surface area contributed by atoms with E-state index in [1.165, 1.54) is 6.07 Å². The molecule has 0 aliphatic carbocycles. The second-order valence-corrected chi connectivity index (χ2v) is 5.53. The van der Waals surface area contributed by atoms with Crippen LogP contribution in [0.3, 0.4) is 0 Å². The molecule has 0 spiro atoms. The van der Waals surface area contributed by atoms with Crippen LogP contribution >= 0.6 is 15.9 Å². The lowest BCUT2D eigenvalue weighted by molar-refractivity contribution is -0.119. The summed E-state index contributed by atoms with van der Waals surface area (Å²) < 4.78 is 14.1. The van der Waals surface area contributed by atoms with Crippen LogP contribution in [0.25, 0.3) is 0 Å². The molecule has 0 saturated carbocycles. The number of carbonyl (C=O) groups is 1. The Morgan fingerprint density at radius 3 is 2.69 bits per heavy atom. The fourth-order valence-corrected chi connectivity index (χ4v) is 1.87. The van der Waals surface area contributed by atoms with Crippen LogP contribution in [-0.2, 0) is 11.2 Å². The molecule has 16 heavy (non-hydrogen) atoms. The fraction of sp³-hybridized carbons (Fsp3) is 0.417. The predicted molar refractivity (Wildman–Crippen MR) is 65.7 cm³/mol. The Labute approximate surface area is 103 Å². The molecule has 1 aromatic carbocycles. The summed E-state index contributed by atoms with van der Waals surface area (Å²) in [4.78, 5) is 11.6. The molecule has 0 atom stereocenters. The minimum Gasteiger partial charge on any atom is -0.325 e. The molecule has 0 unspecified atom stereocenters. The van der Waals surface area contributed by atoms with Crippen LogP contribution in [0.1, 0.15) is 25.8 Å². The second kappa shape index (κ2) is 5.06. The van der Waals surface area contributed by atoms with Gasteiger partial charge in [0.15, 0.2) is 0 Å². The van der Waals surface area contributed by atoms with Crippen molar-refractivity contribution < 1.29 is 9.18 Å².